The Morgan fingerprint density at radius 3 is 2.48 bits per heavy atom. The molecule has 29 heavy (non-hydrogen) atoms. The molecule has 0 unspecified atom stereocenters. The lowest BCUT2D eigenvalue weighted by molar-refractivity contribution is -0.384. The molecule has 7 nitrogen and oxygen atoms in total. The highest BCUT2D eigenvalue weighted by Gasteiger charge is 2.05. The van der Waals surface area contributed by atoms with Crippen molar-refractivity contribution in [2.45, 2.75) is 46.0 Å². The fourth-order valence-electron chi connectivity index (χ4n) is 2.83. The predicted molar refractivity (Wildman–Crippen MR) is 117 cm³/mol. The molecule has 156 valence electrons. The van der Waals surface area contributed by atoms with Crippen LogP contribution in [-0.4, -0.2) is 24.7 Å². The number of hydrogen-bond donors (Lipinski definition) is 1. The van der Waals surface area contributed by atoms with Gasteiger partial charge in [-0.2, -0.15) is 5.11 Å². The maximum absolute atomic E-state index is 10.7. The van der Waals surface area contributed by atoms with Gasteiger partial charge in [0.25, 0.3) is 5.69 Å². The Morgan fingerprint density at radius 1 is 1.00 bits per heavy atom. The lowest BCUT2D eigenvalue weighted by atomic mass is 10.1. The number of non-ortho nitro benzene ring substituents is 1. The standard InChI is InChI=1S/C22H30N4O3/c1-3-5-6-7-15-29-16-14-18-8-13-21(22(17-18)23-4-2)25-24-19-9-11-20(12-10-19)26(27)28/h8-13,17,23H,3-7,14-16H2,1-2H3. The van der Waals surface area contributed by atoms with Crippen molar-refractivity contribution in [2.75, 3.05) is 25.1 Å². The average Bonchev–Trinajstić information content (AvgIpc) is 2.73. The zero-order chi connectivity index (χ0) is 20.9. The SMILES string of the molecule is CCCCCCOCCc1ccc(N=Nc2ccc([N+](=O)[O-])cc2)c(NCC)c1. The van der Waals surface area contributed by atoms with Gasteiger partial charge in [-0.15, -0.1) is 5.11 Å². The number of ether oxygens (including phenoxy) is 1. The Bertz CT molecular complexity index is 791. The number of nitrogens with zero attached hydrogens (tertiary/aromatic N) is 3. The van der Waals surface area contributed by atoms with Gasteiger partial charge in [0.15, 0.2) is 0 Å². The van der Waals surface area contributed by atoms with Gasteiger partial charge in [0.05, 0.1) is 22.9 Å². The molecule has 0 saturated heterocycles. The molecule has 0 fully saturated rings. The second-order valence-corrected chi connectivity index (χ2v) is 6.78. The Morgan fingerprint density at radius 2 is 1.79 bits per heavy atom. The van der Waals surface area contributed by atoms with Gasteiger partial charge in [-0.05, 0) is 49.6 Å². The predicted octanol–water partition coefficient (Wildman–Crippen LogP) is 6.58. The second-order valence-electron chi connectivity index (χ2n) is 6.78. The number of benzene rings is 2. The van der Waals surface area contributed by atoms with Crippen molar-refractivity contribution in [3.05, 3.63) is 58.1 Å². The summed E-state index contributed by atoms with van der Waals surface area (Å²) in [7, 11) is 0. The Kier molecular flexibility index (Phi) is 9.78. The monoisotopic (exact) mass is 398 g/mol. The van der Waals surface area contributed by atoms with Crippen LogP contribution < -0.4 is 5.32 Å². The third-order valence-electron chi connectivity index (χ3n) is 4.44. The average molecular weight is 399 g/mol. The molecule has 1 N–H and O–H groups in total. The number of unbranched alkanes of at least 4 members (excludes halogenated alkanes) is 3. The molecular formula is C22H30N4O3. The van der Waals surface area contributed by atoms with E-state index in [-0.39, 0.29) is 5.69 Å². The summed E-state index contributed by atoms with van der Waals surface area (Å²) in [5.74, 6) is 0. The smallest absolute Gasteiger partial charge is 0.269 e. The lowest BCUT2D eigenvalue weighted by Crippen LogP contribution is -2.02. The fourth-order valence-corrected chi connectivity index (χ4v) is 2.83. The minimum atomic E-state index is -0.433. The summed E-state index contributed by atoms with van der Waals surface area (Å²) in [4.78, 5) is 10.3. The number of azo groups is 1. The van der Waals surface area contributed by atoms with Crippen LogP contribution in [0, 0.1) is 10.1 Å². The summed E-state index contributed by atoms with van der Waals surface area (Å²) in [5, 5.41) is 22.6. The van der Waals surface area contributed by atoms with E-state index in [1.54, 1.807) is 12.1 Å². The third-order valence-corrected chi connectivity index (χ3v) is 4.44. The Labute approximate surface area is 172 Å². The van der Waals surface area contributed by atoms with Crippen LogP contribution in [0.25, 0.3) is 0 Å². The van der Waals surface area contributed by atoms with Crippen molar-refractivity contribution in [1.29, 1.82) is 0 Å². The second kappa shape index (κ2) is 12.6. The molecule has 0 aromatic heterocycles. The van der Waals surface area contributed by atoms with Gasteiger partial charge in [0, 0.05) is 25.3 Å². The van der Waals surface area contributed by atoms with Crippen LogP contribution in [0.15, 0.2) is 52.7 Å². The summed E-state index contributed by atoms with van der Waals surface area (Å²) in [5.41, 5.74) is 3.43. The number of hydrogen-bond acceptors (Lipinski definition) is 6. The van der Waals surface area contributed by atoms with Gasteiger partial charge in [-0.1, -0.05) is 32.3 Å². The van der Waals surface area contributed by atoms with Crippen LogP contribution in [0.2, 0.25) is 0 Å². The summed E-state index contributed by atoms with van der Waals surface area (Å²) in [6.45, 7) is 6.54. The van der Waals surface area contributed by atoms with E-state index in [1.165, 1.54) is 37.0 Å². The number of anilines is 1. The maximum Gasteiger partial charge on any atom is 0.269 e. The van der Waals surface area contributed by atoms with Crippen LogP contribution in [0.5, 0.6) is 0 Å². The first kappa shape index (κ1) is 22.5. The highest BCUT2D eigenvalue weighted by atomic mass is 16.6. The van der Waals surface area contributed by atoms with E-state index >= 15 is 0 Å². The zero-order valence-corrected chi connectivity index (χ0v) is 17.3. The van der Waals surface area contributed by atoms with Gasteiger partial charge in [-0.25, -0.2) is 0 Å². The molecule has 0 saturated carbocycles. The van der Waals surface area contributed by atoms with Crippen LogP contribution in [0.3, 0.4) is 0 Å². The molecule has 7 heteroatoms. The minimum absolute atomic E-state index is 0.0363. The first-order valence-electron chi connectivity index (χ1n) is 10.2. The molecule has 0 bridgehead atoms. The van der Waals surface area contributed by atoms with Crippen molar-refractivity contribution < 1.29 is 9.66 Å². The van der Waals surface area contributed by atoms with Crippen LogP contribution in [0.4, 0.5) is 22.7 Å². The number of nitro groups is 1. The Balaban J connectivity index is 1.95. The largest absolute Gasteiger partial charge is 0.384 e. The molecule has 0 amide bonds. The maximum atomic E-state index is 10.7. The van der Waals surface area contributed by atoms with Crippen LogP contribution in [-0.2, 0) is 11.2 Å². The Hall–Kier alpha value is -2.80. The fraction of sp³-hybridized carbons (Fsp3) is 0.455. The van der Waals surface area contributed by atoms with E-state index in [1.807, 2.05) is 19.1 Å². The summed E-state index contributed by atoms with van der Waals surface area (Å²) in [6.07, 6.45) is 5.71. The van der Waals surface area contributed by atoms with Gasteiger partial charge < -0.3 is 10.1 Å². The molecule has 2 rings (SSSR count). The van der Waals surface area contributed by atoms with E-state index in [9.17, 15) is 10.1 Å². The molecule has 0 aliphatic carbocycles. The van der Waals surface area contributed by atoms with E-state index in [2.05, 4.69) is 28.5 Å². The molecule has 0 aliphatic rings. The minimum Gasteiger partial charge on any atom is -0.384 e. The van der Waals surface area contributed by atoms with Gasteiger partial charge in [0.1, 0.15) is 5.69 Å². The molecule has 0 atom stereocenters. The van der Waals surface area contributed by atoms with Gasteiger partial charge in [0.2, 0.25) is 0 Å². The zero-order valence-electron chi connectivity index (χ0n) is 17.3. The van der Waals surface area contributed by atoms with E-state index in [0.717, 1.165) is 37.4 Å². The quantitative estimate of drug-likeness (QED) is 0.178. The van der Waals surface area contributed by atoms with Gasteiger partial charge >= 0.3 is 0 Å². The third kappa shape index (κ3) is 7.99. The molecular weight excluding hydrogens is 368 g/mol. The molecule has 0 aliphatic heterocycles. The van der Waals surface area contributed by atoms with E-state index < -0.39 is 4.92 Å². The van der Waals surface area contributed by atoms with Crippen molar-refractivity contribution in [3.8, 4) is 0 Å². The first-order chi connectivity index (χ1) is 14.1. The normalized spacial score (nSPS) is 11.1. The van der Waals surface area contributed by atoms with Crippen molar-refractivity contribution in [1.82, 2.24) is 0 Å². The molecule has 0 radical (unpaired) electrons. The number of nitrogens with one attached hydrogen (secondary N) is 1. The number of rotatable bonds is 13. The summed E-state index contributed by atoms with van der Waals surface area (Å²) >= 11 is 0. The van der Waals surface area contributed by atoms with Crippen LogP contribution in [0.1, 0.15) is 45.1 Å². The van der Waals surface area contributed by atoms with Crippen molar-refractivity contribution >= 4 is 22.7 Å². The topological polar surface area (TPSA) is 89.1 Å². The summed E-state index contributed by atoms with van der Waals surface area (Å²) in [6, 6.07) is 12.1. The van der Waals surface area contributed by atoms with Gasteiger partial charge in [-0.3, -0.25) is 10.1 Å². The molecule has 2 aromatic rings. The van der Waals surface area contributed by atoms with Crippen molar-refractivity contribution in [2.24, 2.45) is 10.2 Å². The lowest BCUT2D eigenvalue weighted by Gasteiger charge is -2.10. The molecule has 0 heterocycles. The van der Waals surface area contributed by atoms with E-state index in [4.69, 9.17) is 4.74 Å². The highest BCUT2D eigenvalue weighted by Crippen LogP contribution is 2.29. The first-order valence-corrected chi connectivity index (χ1v) is 10.2. The van der Waals surface area contributed by atoms with E-state index in [0.29, 0.717) is 12.3 Å². The van der Waals surface area contributed by atoms with Crippen molar-refractivity contribution in [3.63, 3.8) is 0 Å². The molecule has 0 spiro atoms. The summed E-state index contributed by atoms with van der Waals surface area (Å²) < 4.78 is 5.74. The molecule has 2 aromatic carbocycles. The highest BCUT2D eigenvalue weighted by molar-refractivity contribution is 5.66. The number of nitro benzene ring substituents is 1. The van der Waals surface area contributed by atoms with Crippen LogP contribution >= 0.6 is 0 Å².